The molecular weight excluding hydrogens is 625 g/mol. The maximum Gasteiger partial charge on any atom is 0.255 e. The fourth-order valence-corrected chi connectivity index (χ4v) is 6.36. The number of halogens is 2. The SMILES string of the molecule is CC1=C(C(=O)Nc2cccc(C)c2C)C(c2ccc(OCc3ccc(Cl)cc3)cc2)n2nc(SCc3ccccc3Cl)nc2N1. The number of allylic oxidation sites excluding steroid dienone is 1. The summed E-state index contributed by atoms with van der Waals surface area (Å²) in [6, 6.07) is 28.4. The van der Waals surface area contributed by atoms with E-state index < -0.39 is 6.04 Å². The summed E-state index contributed by atoms with van der Waals surface area (Å²) in [4.78, 5) is 18.8. The van der Waals surface area contributed by atoms with Gasteiger partial charge in [0.2, 0.25) is 11.1 Å². The molecule has 7 nitrogen and oxygen atoms in total. The van der Waals surface area contributed by atoms with Crippen molar-refractivity contribution in [3.8, 4) is 5.75 Å². The first-order chi connectivity index (χ1) is 21.8. The number of thioether (sulfide) groups is 1. The molecule has 1 unspecified atom stereocenters. The van der Waals surface area contributed by atoms with Crippen molar-refractivity contribution in [1.82, 2.24) is 14.8 Å². The van der Waals surface area contributed by atoms with Gasteiger partial charge < -0.3 is 15.4 Å². The third kappa shape index (κ3) is 6.88. The summed E-state index contributed by atoms with van der Waals surface area (Å²) in [6.07, 6.45) is 0. The van der Waals surface area contributed by atoms with Gasteiger partial charge in [0, 0.05) is 27.2 Å². The number of anilines is 2. The van der Waals surface area contributed by atoms with Crippen LogP contribution in [-0.2, 0) is 17.2 Å². The number of nitrogens with zero attached hydrogens (tertiary/aromatic N) is 3. The second-order valence-corrected chi connectivity index (χ2v) is 12.6. The van der Waals surface area contributed by atoms with Crippen molar-refractivity contribution in [2.75, 3.05) is 10.6 Å². The van der Waals surface area contributed by atoms with Crippen molar-refractivity contribution in [3.63, 3.8) is 0 Å². The van der Waals surface area contributed by atoms with Crippen molar-refractivity contribution < 1.29 is 9.53 Å². The summed E-state index contributed by atoms with van der Waals surface area (Å²) in [5, 5.41) is 13.3. The molecular formula is C35H31Cl2N5O2S. The van der Waals surface area contributed by atoms with Crippen molar-refractivity contribution >= 4 is 52.5 Å². The van der Waals surface area contributed by atoms with Crippen LogP contribution >= 0.6 is 35.0 Å². The number of hydrogen-bond donors (Lipinski definition) is 2. The van der Waals surface area contributed by atoms with E-state index in [0.717, 1.165) is 33.5 Å². The van der Waals surface area contributed by atoms with Crippen LogP contribution in [0.5, 0.6) is 5.75 Å². The number of benzene rings is 4. The highest BCUT2D eigenvalue weighted by Gasteiger charge is 2.34. The quantitative estimate of drug-likeness (QED) is 0.154. The fourth-order valence-electron chi connectivity index (χ4n) is 5.12. The Morgan fingerprint density at radius 2 is 1.71 bits per heavy atom. The van der Waals surface area contributed by atoms with Crippen LogP contribution in [0.4, 0.5) is 11.6 Å². The molecule has 4 aromatic carbocycles. The maximum absolute atomic E-state index is 14.0. The van der Waals surface area contributed by atoms with Gasteiger partial charge in [-0.05, 0) is 85.0 Å². The number of hydrogen-bond acceptors (Lipinski definition) is 6. The zero-order chi connectivity index (χ0) is 31.5. The summed E-state index contributed by atoms with van der Waals surface area (Å²) in [5.74, 6) is 1.66. The number of carbonyl (C=O) groups excluding carboxylic acids is 1. The van der Waals surface area contributed by atoms with E-state index in [0.29, 0.717) is 50.5 Å². The Bertz CT molecular complexity index is 1890. The number of nitrogens with one attached hydrogen (secondary N) is 2. The van der Waals surface area contributed by atoms with E-state index in [2.05, 4.69) is 10.6 Å². The standard InChI is InChI=1S/C35H31Cl2N5O2S/c1-21-7-6-10-30(22(21)2)39-33(43)31-23(3)38-34-40-35(45-20-26-8-4-5-9-29(26)37)41-42(34)32(31)25-13-17-28(18-14-25)44-19-24-11-15-27(36)16-12-24/h4-18,32H,19-20H2,1-3H3,(H,39,43)(H,38,40,41). The molecule has 1 aromatic heterocycles. The number of fused-ring (bicyclic) bond motifs is 1. The zero-order valence-corrected chi connectivity index (χ0v) is 27.3. The molecule has 1 aliphatic heterocycles. The summed E-state index contributed by atoms with van der Waals surface area (Å²) in [6.45, 7) is 6.33. The van der Waals surface area contributed by atoms with Gasteiger partial charge in [0.1, 0.15) is 18.4 Å². The molecule has 0 bridgehead atoms. The van der Waals surface area contributed by atoms with Gasteiger partial charge in [-0.2, -0.15) is 4.98 Å². The van der Waals surface area contributed by atoms with Crippen LogP contribution in [0.25, 0.3) is 0 Å². The minimum atomic E-state index is -0.529. The predicted octanol–water partition coefficient (Wildman–Crippen LogP) is 9.00. The summed E-state index contributed by atoms with van der Waals surface area (Å²) < 4.78 is 7.82. The molecule has 1 aliphatic rings. The Balaban J connectivity index is 1.30. The Morgan fingerprint density at radius 1 is 0.956 bits per heavy atom. The highest BCUT2D eigenvalue weighted by Crippen LogP contribution is 2.38. The van der Waals surface area contributed by atoms with Crippen molar-refractivity contribution in [2.45, 2.75) is 44.3 Å². The Labute approximate surface area is 276 Å². The highest BCUT2D eigenvalue weighted by atomic mass is 35.5. The van der Waals surface area contributed by atoms with E-state index in [-0.39, 0.29) is 5.91 Å². The van der Waals surface area contributed by atoms with Crippen LogP contribution in [0.15, 0.2) is 107 Å². The van der Waals surface area contributed by atoms with E-state index in [9.17, 15) is 4.79 Å². The maximum atomic E-state index is 14.0. The lowest BCUT2D eigenvalue weighted by Crippen LogP contribution is -2.31. The molecule has 0 fully saturated rings. The molecule has 10 heteroatoms. The number of carbonyl (C=O) groups is 1. The lowest BCUT2D eigenvalue weighted by molar-refractivity contribution is -0.113. The minimum Gasteiger partial charge on any atom is -0.489 e. The first kappa shape index (κ1) is 30.8. The summed E-state index contributed by atoms with van der Waals surface area (Å²) in [7, 11) is 0. The average Bonchev–Trinajstić information content (AvgIpc) is 3.44. The molecule has 0 aliphatic carbocycles. The topological polar surface area (TPSA) is 81.1 Å². The van der Waals surface area contributed by atoms with E-state index in [1.54, 1.807) is 4.68 Å². The third-order valence-corrected chi connectivity index (χ3v) is 9.27. The van der Waals surface area contributed by atoms with Crippen molar-refractivity contribution in [2.24, 2.45) is 0 Å². The van der Waals surface area contributed by atoms with Crippen LogP contribution in [-0.4, -0.2) is 20.7 Å². The molecule has 0 radical (unpaired) electrons. The summed E-state index contributed by atoms with van der Waals surface area (Å²) >= 11 is 13.9. The van der Waals surface area contributed by atoms with Gasteiger partial charge in [0.05, 0.1) is 5.57 Å². The highest BCUT2D eigenvalue weighted by molar-refractivity contribution is 7.98. The predicted molar refractivity (Wildman–Crippen MR) is 182 cm³/mol. The van der Waals surface area contributed by atoms with E-state index in [4.69, 9.17) is 38.0 Å². The van der Waals surface area contributed by atoms with E-state index in [1.165, 1.54) is 11.8 Å². The molecule has 5 aromatic rings. The van der Waals surface area contributed by atoms with Gasteiger partial charge in [-0.25, -0.2) is 4.68 Å². The van der Waals surface area contributed by atoms with Gasteiger partial charge in [-0.1, -0.05) is 89.6 Å². The van der Waals surface area contributed by atoms with Gasteiger partial charge in [0.25, 0.3) is 5.91 Å². The zero-order valence-electron chi connectivity index (χ0n) is 25.0. The molecule has 6 rings (SSSR count). The van der Waals surface area contributed by atoms with Gasteiger partial charge in [-0.15, -0.1) is 5.10 Å². The molecule has 1 atom stereocenters. The second-order valence-electron chi connectivity index (χ2n) is 10.8. The minimum absolute atomic E-state index is 0.215. The largest absolute Gasteiger partial charge is 0.489 e. The molecule has 0 saturated carbocycles. The molecule has 2 heterocycles. The Morgan fingerprint density at radius 3 is 2.47 bits per heavy atom. The number of amides is 1. The van der Waals surface area contributed by atoms with Gasteiger partial charge in [0.15, 0.2) is 0 Å². The number of aryl methyl sites for hydroxylation is 1. The third-order valence-electron chi connectivity index (χ3n) is 7.76. The monoisotopic (exact) mass is 655 g/mol. The lowest BCUT2D eigenvalue weighted by Gasteiger charge is -2.29. The van der Waals surface area contributed by atoms with Crippen LogP contribution < -0.4 is 15.4 Å². The number of aromatic nitrogens is 3. The lowest BCUT2D eigenvalue weighted by atomic mass is 9.94. The summed E-state index contributed by atoms with van der Waals surface area (Å²) in [5.41, 5.74) is 7.02. The van der Waals surface area contributed by atoms with Crippen LogP contribution in [0.1, 0.15) is 40.8 Å². The first-order valence-corrected chi connectivity index (χ1v) is 16.2. The normalized spacial score (nSPS) is 14.1. The Hall–Kier alpha value is -4.24. The second kappa shape index (κ2) is 13.4. The number of ether oxygens (including phenoxy) is 1. The molecule has 1 amide bonds. The van der Waals surface area contributed by atoms with Crippen LogP contribution in [0, 0.1) is 13.8 Å². The average molecular weight is 657 g/mol. The molecule has 45 heavy (non-hydrogen) atoms. The van der Waals surface area contributed by atoms with Crippen LogP contribution in [0.2, 0.25) is 10.0 Å². The smallest absolute Gasteiger partial charge is 0.255 e. The fraction of sp³-hybridized carbons (Fsp3) is 0.171. The van der Waals surface area contributed by atoms with E-state index >= 15 is 0 Å². The van der Waals surface area contributed by atoms with Crippen LogP contribution in [0.3, 0.4) is 0 Å². The van der Waals surface area contributed by atoms with Crippen molar-refractivity contribution in [3.05, 3.63) is 140 Å². The van der Waals surface area contributed by atoms with Gasteiger partial charge in [-0.3, -0.25) is 4.79 Å². The van der Waals surface area contributed by atoms with Crippen molar-refractivity contribution in [1.29, 1.82) is 0 Å². The molecule has 2 N–H and O–H groups in total. The number of rotatable bonds is 9. The van der Waals surface area contributed by atoms with Gasteiger partial charge >= 0.3 is 0 Å². The Kier molecular flexibility index (Phi) is 9.16. The first-order valence-electron chi connectivity index (χ1n) is 14.4. The molecule has 228 valence electrons. The molecule has 0 spiro atoms. The van der Waals surface area contributed by atoms with E-state index in [1.807, 2.05) is 112 Å². The molecule has 0 saturated heterocycles.